The maximum atomic E-state index is 11.1. The van der Waals surface area contributed by atoms with Crippen LogP contribution in [-0.4, -0.2) is 53.4 Å². The molecule has 0 aromatic heterocycles. The lowest BCUT2D eigenvalue weighted by Gasteiger charge is -2.46. The Hall–Kier alpha value is -2.61. The van der Waals surface area contributed by atoms with E-state index >= 15 is 0 Å². The average molecular weight is 427 g/mol. The van der Waals surface area contributed by atoms with Gasteiger partial charge in [-0.2, -0.15) is 0 Å². The molecule has 2 atom stereocenters. The van der Waals surface area contributed by atoms with E-state index < -0.39 is 12.2 Å². The van der Waals surface area contributed by atoms with E-state index in [9.17, 15) is 15.0 Å². The first-order valence-corrected chi connectivity index (χ1v) is 10.7. The number of hydrogen-bond acceptors (Lipinski definition) is 6. The maximum Gasteiger partial charge on any atom is 0.221 e. The molecule has 3 N–H and O–H groups in total. The molecule has 31 heavy (non-hydrogen) atoms. The number of nitrogens with zero attached hydrogens (tertiary/aromatic N) is 1. The van der Waals surface area contributed by atoms with E-state index in [4.69, 9.17) is 9.47 Å². The van der Waals surface area contributed by atoms with Gasteiger partial charge in [-0.05, 0) is 42.7 Å². The van der Waals surface area contributed by atoms with Gasteiger partial charge < -0.3 is 29.9 Å². The first-order chi connectivity index (χ1) is 14.9. The number of hydrogen-bond donors (Lipinski definition) is 3. The number of piperidine rings is 1. The van der Waals surface area contributed by atoms with Crippen LogP contribution < -0.4 is 14.8 Å². The quantitative estimate of drug-likeness (QED) is 0.681. The van der Waals surface area contributed by atoms with Crippen molar-refractivity contribution in [2.45, 2.75) is 44.0 Å². The monoisotopic (exact) mass is 426 g/mol. The topological polar surface area (TPSA) is 91.3 Å². The van der Waals surface area contributed by atoms with Crippen molar-refractivity contribution >= 4 is 11.6 Å². The van der Waals surface area contributed by atoms with Gasteiger partial charge in [0.05, 0.1) is 19.3 Å². The Morgan fingerprint density at radius 2 is 1.97 bits per heavy atom. The Labute approximate surface area is 182 Å². The van der Waals surface area contributed by atoms with Crippen LogP contribution in [0, 0.1) is 0 Å². The van der Waals surface area contributed by atoms with Gasteiger partial charge in [0, 0.05) is 50.3 Å². The number of β-amino-alcohol motifs (C(OH)–C–C–N with tert-alkyl or cyclic N) is 1. The van der Waals surface area contributed by atoms with Gasteiger partial charge in [0.2, 0.25) is 5.91 Å². The molecule has 2 aromatic rings. The second-order valence-corrected chi connectivity index (χ2v) is 8.53. The molecule has 1 spiro atoms. The highest BCUT2D eigenvalue weighted by molar-refractivity contribution is 5.88. The highest BCUT2D eigenvalue weighted by atomic mass is 16.5. The summed E-state index contributed by atoms with van der Waals surface area (Å²) in [5, 5.41) is 24.1. The molecule has 7 nitrogen and oxygen atoms in total. The van der Waals surface area contributed by atoms with E-state index in [2.05, 4.69) is 10.2 Å². The second kappa shape index (κ2) is 8.86. The Bertz CT molecular complexity index is 922. The summed E-state index contributed by atoms with van der Waals surface area (Å²) in [7, 11) is 1.62. The molecule has 1 fully saturated rings. The fourth-order valence-electron chi connectivity index (χ4n) is 4.53. The molecule has 166 valence electrons. The van der Waals surface area contributed by atoms with Crippen molar-refractivity contribution in [1.82, 2.24) is 4.90 Å². The molecule has 0 saturated carbocycles. The third-order valence-corrected chi connectivity index (χ3v) is 6.29. The number of nitrogens with one attached hydrogen (secondary N) is 1. The molecule has 7 heteroatoms. The largest absolute Gasteiger partial charge is 0.497 e. The average Bonchev–Trinajstić information content (AvgIpc) is 2.75. The van der Waals surface area contributed by atoms with Crippen LogP contribution in [0.15, 0.2) is 42.5 Å². The van der Waals surface area contributed by atoms with Gasteiger partial charge in [0.15, 0.2) is 0 Å². The Balaban J connectivity index is 1.35. The van der Waals surface area contributed by atoms with Crippen LogP contribution in [0.2, 0.25) is 0 Å². The first-order valence-electron chi connectivity index (χ1n) is 10.7. The number of likely N-dealkylation sites (tertiary alicyclic amines) is 1. The van der Waals surface area contributed by atoms with Gasteiger partial charge in [-0.25, -0.2) is 0 Å². The molecule has 1 amide bonds. The Morgan fingerprint density at radius 1 is 1.26 bits per heavy atom. The van der Waals surface area contributed by atoms with E-state index in [-0.39, 0.29) is 11.5 Å². The molecule has 1 saturated heterocycles. The van der Waals surface area contributed by atoms with Crippen LogP contribution in [0.1, 0.15) is 49.5 Å². The predicted molar refractivity (Wildman–Crippen MR) is 117 cm³/mol. The zero-order chi connectivity index (χ0) is 22.0. The lowest BCUT2D eigenvalue weighted by molar-refractivity contribution is -0.114. The molecule has 2 aliphatic heterocycles. The van der Waals surface area contributed by atoms with Crippen molar-refractivity contribution < 1.29 is 24.5 Å². The van der Waals surface area contributed by atoms with Gasteiger partial charge in [0.25, 0.3) is 0 Å². The predicted octanol–water partition coefficient (Wildman–Crippen LogP) is 3.04. The standard InChI is InChI=1S/C24H30N2O5/c1-16(27)25-18-5-3-17(4-6-18)22(29)15-26-11-9-24(10-12-26)14-21(28)20-8-7-19(30-2)13-23(20)31-24/h3-8,13,21-22,28-29H,9-12,14-15H2,1-2H3,(H,25,27)/t21-,22-/m0/s1. The van der Waals surface area contributed by atoms with E-state index in [1.165, 1.54) is 6.92 Å². The number of aliphatic hydroxyl groups excluding tert-OH is 2. The normalized spacial score (nSPS) is 21.1. The summed E-state index contributed by atoms with van der Waals surface area (Å²) in [4.78, 5) is 13.4. The summed E-state index contributed by atoms with van der Waals surface area (Å²) >= 11 is 0. The minimum absolute atomic E-state index is 0.119. The minimum atomic E-state index is -0.608. The minimum Gasteiger partial charge on any atom is -0.497 e. The number of methoxy groups -OCH3 is 1. The third kappa shape index (κ3) is 4.84. The van der Waals surface area contributed by atoms with Gasteiger partial charge in [-0.15, -0.1) is 0 Å². The summed E-state index contributed by atoms with van der Waals surface area (Å²) in [5.74, 6) is 1.30. The molecule has 2 heterocycles. The summed E-state index contributed by atoms with van der Waals surface area (Å²) in [6, 6.07) is 12.8. The fourth-order valence-corrected chi connectivity index (χ4v) is 4.53. The number of anilines is 1. The Kier molecular flexibility index (Phi) is 6.18. The van der Waals surface area contributed by atoms with E-state index in [1.807, 2.05) is 30.3 Å². The lowest BCUT2D eigenvalue weighted by Crippen LogP contribution is -2.51. The zero-order valence-electron chi connectivity index (χ0n) is 18.0. The number of carbonyl (C=O) groups excluding carboxylic acids is 1. The molecule has 2 aliphatic rings. The van der Waals surface area contributed by atoms with Crippen molar-refractivity contribution in [1.29, 1.82) is 0 Å². The summed E-state index contributed by atoms with van der Waals surface area (Å²) in [6.45, 7) is 3.57. The van der Waals surface area contributed by atoms with Gasteiger partial charge in [-0.1, -0.05) is 12.1 Å². The number of rotatable bonds is 5. The lowest BCUT2D eigenvalue weighted by atomic mass is 9.81. The zero-order valence-corrected chi connectivity index (χ0v) is 18.0. The molecule has 2 aromatic carbocycles. The maximum absolute atomic E-state index is 11.1. The summed E-state index contributed by atoms with van der Waals surface area (Å²) < 4.78 is 11.7. The molecule has 4 rings (SSSR count). The number of benzene rings is 2. The van der Waals surface area contributed by atoms with Crippen molar-refractivity contribution in [3.05, 3.63) is 53.6 Å². The summed E-state index contributed by atoms with van der Waals surface area (Å²) in [5.41, 5.74) is 1.96. The molecule has 0 radical (unpaired) electrons. The van der Waals surface area contributed by atoms with Gasteiger partial charge >= 0.3 is 0 Å². The smallest absolute Gasteiger partial charge is 0.221 e. The van der Waals surface area contributed by atoms with E-state index in [0.717, 1.165) is 37.1 Å². The number of fused-ring (bicyclic) bond motifs is 1. The van der Waals surface area contributed by atoms with E-state index in [1.54, 1.807) is 19.2 Å². The first kappa shape index (κ1) is 21.6. The van der Waals surface area contributed by atoms with Crippen LogP contribution >= 0.6 is 0 Å². The molecular formula is C24H30N2O5. The van der Waals surface area contributed by atoms with Crippen molar-refractivity contribution in [3.63, 3.8) is 0 Å². The van der Waals surface area contributed by atoms with Crippen LogP contribution in [0.4, 0.5) is 5.69 Å². The van der Waals surface area contributed by atoms with Gasteiger partial charge in [0.1, 0.15) is 17.1 Å². The molecule has 0 bridgehead atoms. The third-order valence-electron chi connectivity index (χ3n) is 6.29. The van der Waals surface area contributed by atoms with Crippen LogP contribution in [0.25, 0.3) is 0 Å². The number of carbonyl (C=O) groups is 1. The van der Waals surface area contributed by atoms with E-state index in [0.29, 0.717) is 30.2 Å². The summed E-state index contributed by atoms with van der Waals surface area (Å²) in [6.07, 6.45) is 0.995. The molecule has 0 aliphatic carbocycles. The van der Waals surface area contributed by atoms with Crippen molar-refractivity contribution in [2.24, 2.45) is 0 Å². The highest BCUT2D eigenvalue weighted by Crippen LogP contribution is 2.45. The SMILES string of the molecule is COc1ccc2c(c1)OC1(CCN(C[C@H](O)c3ccc(NC(C)=O)cc3)CC1)C[C@@H]2O. The Morgan fingerprint density at radius 3 is 2.61 bits per heavy atom. The van der Waals surface area contributed by atoms with Crippen LogP contribution in [0.3, 0.4) is 0 Å². The highest BCUT2D eigenvalue weighted by Gasteiger charge is 2.43. The van der Waals surface area contributed by atoms with Crippen molar-refractivity contribution in [3.8, 4) is 11.5 Å². The van der Waals surface area contributed by atoms with Crippen LogP contribution in [-0.2, 0) is 4.79 Å². The fraction of sp³-hybridized carbons (Fsp3) is 0.458. The van der Waals surface area contributed by atoms with Crippen LogP contribution in [0.5, 0.6) is 11.5 Å². The number of aliphatic hydroxyl groups is 2. The molecular weight excluding hydrogens is 396 g/mol. The molecule has 0 unspecified atom stereocenters. The second-order valence-electron chi connectivity index (χ2n) is 8.53. The van der Waals surface area contributed by atoms with Gasteiger partial charge in [-0.3, -0.25) is 4.79 Å². The van der Waals surface area contributed by atoms with Crippen molar-refractivity contribution in [2.75, 3.05) is 32.1 Å². The number of ether oxygens (including phenoxy) is 2. The number of amides is 1.